The molecule has 0 aliphatic carbocycles. The van der Waals surface area contributed by atoms with Crippen molar-refractivity contribution < 1.29 is 0 Å². The third-order valence-electron chi connectivity index (χ3n) is 2.19. The van der Waals surface area contributed by atoms with Gasteiger partial charge in [0, 0.05) is 19.1 Å². The van der Waals surface area contributed by atoms with Crippen LogP contribution in [0.4, 0.5) is 0 Å². The predicted molar refractivity (Wildman–Crippen MR) is 42.5 cm³/mol. The van der Waals surface area contributed by atoms with Crippen LogP contribution in [0.1, 0.15) is 19.3 Å². The van der Waals surface area contributed by atoms with E-state index >= 15 is 0 Å². The Balaban J connectivity index is 2.34. The van der Waals surface area contributed by atoms with Crippen molar-refractivity contribution in [1.29, 1.82) is 0 Å². The van der Waals surface area contributed by atoms with E-state index in [1.54, 1.807) is 0 Å². The van der Waals surface area contributed by atoms with Crippen LogP contribution in [0.25, 0.3) is 0 Å². The molecule has 1 aliphatic rings. The number of nitrogens with one attached hydrogen (secondary N) is 1. The molecule has 0 amide bonds. The van der Waals surface area contributed by atoms with Crippen molar-refractivity contribution in [1.82, 2.24) is 10.4 Å². The minimum Gasteiger partial charge on any atom is -0.329 e. The molecule has 3 nitrogen and oxygen atoms in total. The minimum atomic E-state index is 0.568. The lowest BCUT2D eigenvalue weighted by Gasteiger charge is -2.33. The zero-order chi connectivity index (χ0) is 7.40. The Hall–Kier alpha value is -0.120. The van der Waals surface area contributed by atoms with Crippen LogP contribution in [0.3, 0.4) is 0 Å². The van der Waals surface area contributed by atoms with Gasteiger partial charge in [-0.3, -0.25) is 5.43 Å². The average Bonchev–Trinajstić information content (AvgIpc) is 2.04. The van der Waals surface area contributed by atoms with Gasteiger partial charge in [-0.25, -0.2) is 5.01 Å². The Morgan fingerprint density at radius 3 is 2.90 bits per heavy atom. The van der Waals surface area contributed by atoms with E-state index in [9.17, 15) is 0 Å². The number of hydrazine groups is 1. The third-order valence-corrected chi connectivity index (χ3v) is 2.19. The molecule has 1 fully saturated rings. The monoisotopic (exact) mass is 143 g/mol. The molecule has 60 valence electrons. The summed E-state index contributed by atoms with van der Waals surface area (Å²) in [6, 6.07) is 0.568. The second kappa shape index (κ2) is 3.91. The Morgan fingerprint density at radius 2 is 2.40 bits per heavy atom. The Labute approximate surface area is 62.5 Å². The van der Waals surface area contributed by atoms with E-state index in [1.807, 2.05) is 7.05 Å². The summed E-state index contributed by atoms with van der Waals surface area (Å²) in [5.41, 5.74) is 8.75. The fraction of sp³-hybridized carbons (Fsp3) is 1.00. The van der Waals surface area contributed by atoms with Crippen LogP contribution in [-0.2, 0) is 0 Å². The Kier molecular flexibility index (Phi) is 3.12. The van der Waals surface area contributed by atoms with Crippen molar-refractivity contribution in [3.63, 3.8) is 0 Å². The van der Waals surface area contributed by atoms with Gasteiger partial charge < -0.3 is 5.73 Å². The lowest BCUT2D eigenvalue weighted by atomic mass is 10.0. The molecule has 0 radical (unpaired) electrons. The van der Waals surface area contributed by atoms with Gasteiger partial charge in [0.1, 0.15) is 0 Å². The van der Waals surface area contributed by atoms with Gasteiger partial charge >= 0.3 is 0 Å². The zero-order valence-corrected chi connectivity index (χ0v) is 6.64. The van der Waals surface area contributed by atoms with Crippen LogP contribution < -0.4 is 11.2 Å². The summed E-state index contributed by atoms with van der Waals surface area (Å²) < 4.78 is 0. The van der Waals surface area contributed by atoms with Gasteiger partial charge in [0.05, 0.1) is 0 Å². The smallest absolute Gasteiger partial charge is 0.0365 e. The molecule has 10 heavy (non-hydrogen) atoms. The largest absolute Gasteiger partial charge is 0.329 e. The zero-order valence-electron chi connectivity index (χ0n) is 6.64. The van der Waals surface area contributed by atoms with E-state index in [2.05, 4.69) is 10.4 Å². The molecule has 1 unspecified atom stereocenters. The van der Waals surface area contributed by atoms with Crippen LogP contribution in [0.15, 0.2) is 0 Å². The molecule has 0 aromatic carbocycles. The quantitative estimate of drug-likeness (QED) is 0.569. The molecule has 3 N–H and O–H groups in total. The van der Waals surface area contributed by atoms with Crippen molar-refractivity contribution in [2.75, 3.05) is 20.1 Å². The summed E-state index contributed by atoms with van der Waals surface area (Å²) in [4.78, 5) is 0. The maximum Gasteiger partial charge on any atom is 0.0365 e. The van der Waals surface area contributed by atoms with E-state index in [4.69, 9.17) is 5.73 Å². The fourth-order valence-corrected chi connectivity index (χ4v) is 1.54. The molecule has 1 rings (SSSR count). The first kappa shape index (κ1) is 7.98. The Bertz CT molecular complexity index is 82.9. The van der Waals surface area contributed by atoms with Gasteiger partial charge in [-0.2, -0.15) is 0 Å². The van der Waals surface area contributed by atoms with Crippen LogP contribution >= 0.6 is 0 Å². The van der Waals surface area contributed by atoms with Crippen molar-refractivity contribution in [2.24, 2.45) is 5.73 Å². The number of rotatable bonds is 2. The summed E-state index contributed by atoms with van der Waals surface area (Å²) in [7, 11) is 1.97. The average molecular weight is 143 g/mol. The molecule has 0 aromatic rings. The number of hydrogen-bond donors (Lipinski definition) is 2. The number of nitrogens with two attached hydrogens (primary N) is 1. The predicted octanol–water partition coefficient (Wildman–Crippen LogP) is -0.0660. The lowest BCUT2D eigenvalue weighted by Crippen LogP contribution is -2.50. The molecule has 1 heterocycles. The molecule has 3 heteroatoms. The summed E-state index contributed by atoms with van der Waals surface area (Å²) in [6.07, 6.45) is 3.88. The normalized spacial score (nSPS) is 28.8. The maximum atomic E-state index is 5.59. The highest BCUT2D eigenvalue weighted by Gasteiger charge is 2.18. The maximum absolute atomic E-state index is 5.59. The second-order valence-corrected chi connectivity index (χ2v) is 2.80. The first-order chi connectivity index (χ1) is 4.88. The highest BCUT2D eigenvalue weighted by atomic mass is 15.5. The summed E-state index contributed by atoms with van der Waals surface area (Å²) >= 11 is 0. The molecular formula is C7H17N3. The molecule has 1 atom stereocenters. The SMILES string of the molecule is CNN1CCCCC1CN. The first-order valence-corrected chi connectivity index (χ1v) is 4.02. The standard InChI is InChI=1S/C7H17N3/c1-9-10-5-3-2-4-7(10)6-8/h7,9H,2-6,8H2,1H3. The van der Waals surface area contributed by atoms with Crippen molar-refractivity contribution in [2.45, 2.75) is 25.3 Å². The van der Waals surface area contributed by atoms with Crippen molar-refractivity contribution >= 4 is 0 Å². The van der Waals surface area contributed by atoms with Crippen LogP contribution in [0.2, 0.25) is 0 Å². The lowest BCUT2D eigenvalue weighted by molar-refractivity contribution is 0.103. The fourth-order valence-electron chi connectivity index (χ4n) is 1.54. The third kappa shape index (κ3) is 1.68. The van der Waals surface area contributed by atoms with Gasteiger partial charge in [0.25, 0.3) is 0 Å². The number of nitrogens with zero attached hydrogens (tertiary/aromatic N) is 1. The number of piperidine rings is 1. The van der Waals surface area contributed by atoms with Crippen LogP contribution in [0.5, 0.6) is 0 Å². The van der Waals surface area contributed by atoms with Gasteiger partial charge in [-0.1, -0.05) is 6.42 Å². The number of hydrogen-bond acceptors (Lipinski definition) is 3. The minimum absolute atomic E-state index is 0.568. The van der Waals surface area contributed by atoms with E-state index in [0.717, 1.165) is 13.1 Å². The highest BCUT2D eigenvalue weighted by Crippen LogP contribution is 2.12. The molecule has 0 aromatic heterocycles. The first-order valence-electron chi connectivity index (χ1n) is 4.02. The topological polar surface area (TPSA) is 41.3 Å². The molecule has 0 spiro atoms. The second-order valence-electron chi connectivity index (χ2n) is 2.80. The van der Waals surface area contributed by atoms with E-state index < -0.39 is 0 Å². The van der Waals surface area contributed by atoms with Crippen molar-refractivity contribution in [3.05, 3.63) is 0 Å². The van der Waals surface area contributed by atoms with Crippen LogP contribution in [0, 0.1) is 0 Å². The van der Waals surface area contributed by atoms with E-state index in [-0.39, 0.29) is 0 Å². The Morgan fingerprint density at radius 1 is 1.60 bits per heavy atom. The highest BCUT2D eigenvalue weighted by molar-refractivity contribution is 4.73. The van der Waals surface area contributed by atoms with Gasteiger partial charge in [-0.15, -0.1) is 0 Å². The molecule has 0 bridgehead atoms. The van der Waals surface area contributed by atoms with Crippen molar-refractivity contribution in [3.8, 4) is 0 Å². The molecule has 1 saturated heterocycles. The van der Waals surface area contributed by atoms with Gasteiger partial charge in [0.15, 0.2) is 0 Å². The molecule has 0 saturated carbocycles. The summed E-state index contributed by atoms with van der Waals surface area (Å²) in [5, 5.41) is 2.24. The molecular weight excluding hydrogens is 126 g/mol. The van der Waals surface area contributed by atoms with Gasteiger partial charge in [-0.05, 0) is 19.9 Å². The summed E-state index contributed by atoms with van der Waals surface area (Å²) in [5.74, 6) is 0. The van der Waals surface area contributed by atoms with E-state index in [0.29, 0.717) is 6.04 Å². The van der Waals surface area contributed by atoms with Gasteiger partial charge in [0.2, 0.25) is 0 Å². The molecule has 1 aliphatic heterocycles. The van der Waals surface area contributed by atoms with E-state index in [1.165, 1.54) is 19.3 Å². The van der Waals surface area contributed by atoms with Crippen LogP contribution in [-0.4, -0.2) is 31.2 Å². The summed E-state index contributed by atoms with van der Waals surface area (Å²) in [6.45, 7) is 1.93.